The standard InChI is InChI=1S/C36H48N2O2.2C2H4O2.Co/c1-23(2)9-11-27-17-29(35(39)33(19-27)25(5)6)21-37-31-13-15-32(16-14-31)38-22-30-18-28(12-10-24(3)4)20-34(26(7)8)36(30)40;2*1-2(3)4;/h13-26,39-40H,9-12H2,1-8H3;2*1H3,(H,3,4);/q;;;+2/p-2. The quantitative estimate of drug-likeness (QED) is 0.185. The zero-order valence-electron chi connectivity index (χ0n) is 30.7. The van der Waals surface area contributed by atoms with Gasteiger partial charge in [-0.3, -0.25) is 9.98 Å². The number of hydrogen-bond donors (Lipinski definition) is 2. The van der Waals surface area contributed by atoms with E-state index in [1.165, 1.54) is 11.1 Å². The molecule has 8 nitrogen and oxygen atoms in total. The van der Waals surface area contributed by atoms with Crippen LogP contribution < -0.4 is 10.2 Å². The molecule has 49 heavy (non-hydrogen) atoms. The maximum Gasteiger partial charge on any atom is 2.00 e. The third-order valence-corrected chi connectivity index (χ3v) is 7.28. The van der Waals surface area contributed by atoms with Crippen molar-refractivity contribution in [3.05, 3.63) is 81.9 Å². The van der Waals surface area contributed by atoms with Crippen molar-refractivity contribution in [3.63, 3.8) is 0 Å². The summed E-state index contributed by atoms with van der Waals surface area (Å²) in [5.74, 6) is 0.175. The summed E-state index contributed by atoms with van der Waals surface area (Å²) in [7, 11) is 0. The molecule has 0 aliphatic rings. The van der Waals surface area contributed by atoms with E-state index >= 15 is 0 Å². The second kappa shape index (κ2) is 22.6. The van der Waals surface area contributed by atoms with E-state index in [1.807, 2.05) is 24.3 Å². The summed E-state index contributed by atoms with van der Waals surface area (Å²) in [6.07, 6.45) is 7.71. The summed E-state index contributed by atoms with van der Waals surface area (Å²) in [4.78, 5) is 27.1. The molecule has 1 radical (unpaired) electrons. The zero-order chi connectivity index (χ0) is 36.6. The molecule has 0 saturated carbocycles. The SMILES string of the molecule is CC(=O)[O-].CC(=O)[O-].CC(C)CCc1cc(C=Nc2ccc(N=Cc3cc(CCC(C)C)cc(C(C)C)c3O)cc2)c(O)c(C(C)C)c1.[Co+2]. The Morgan fingerprint density at radius 2 is 0.918 bits per heavy atom. The molecule has 0 spiro atoms. The maximum absolute atomic E-state index is 10.9. The van der Waals surface area contributed by atoms with Crippen LogP contribution in [-0.2, 0) is 39.2 Å². The first kappa shape index (κ1) is 45.0. The molecule has 3 aromatic carbocycles. The van der Waals surface area contributed by atoms with Crippen LogP contribution in [0.1, 0.15) is 127 Å². The van der Waals surface area contributed by atoms with Crippen molar-refractivity contribution in [1.82, 2.24) is 0 Å². The van der Waals surface area contributed by atoms with Crippen molar-refractivity contribution in [2.24, 2.45) is 21.8 Å². The van der Waals surface area contributed by atoms with Crippen LogP contribution in [0, 0.1) is 11.8 Å². The second-order valence-corrected chi connectivity index (χ2v) is 13.4. The second-order valence-electron chi connectivity index (χ2n) is 13.4. The number of phenolic OH excluding ortho intramolecular Hbond substituents is 2. The summed E-state index contributed by atoms with van der Waals surface area (Å²) < 4.78 is 0. The number of hydrogen-bond acceptors (Lipinski definition) is 8. The topological polar surface area (TPSA) is 145 Å². The number of phenols is 2. The number of rotatable bonds is 12. The summed E-state index contributed by atoms with van der Waals surface area (Å²) in [5.41, 5.74) is 7.48. The Morgan fingerprint density at radius 3 is 1.16 bits per heavy atom. The Kier molecular flexibility index (Phi) is 20.8. The first-order valence-electron chi connectivity index (χ1n) is 16.7. The monoisotopic (exact) mass is 717 g/mol. The van der Waals surface area contributed by atoms with Crippen molar-refractivity contribution >= 4 is 35.7 Å². The smallest absolute Gasteiger partial charge is 0.550 e. The Hall–Kier alpha value is -3.95. The van der Waals surface area contributed by atoms with Crippen molar-refractivity contribution in [1.29, 1.82) is 0 Å². The van der Waals surface area contributed by atoms with E-state index in [0.29, 0.717) is 23.3 Å². The molecule has 2 N–H and O–H groups in total. The number of carboxylic acids is 2. The van der Waals surface area contributed by atoms with E-state index in [9.17, 15) is 10.2 Å². The third-order valence-electron chi connectivity index (χ3n) is 7.28. The van der Waals surface area contributed by atoms with Gasteiger partial charge in [-0.1, -0.05) is 67.5 Å². The fraction of sp³-hybridized carbons (Fsp3) is 0.450. The molecule has 3 rings (SSSR count). The number of aromatic hydroxyl groups is 2. The number of nitrogens with zero attached hydrogens (tertiary/aromatic N) is 2. The minimum Gasteiger partial charge on any atom is -0.550 e. The predicted molar refractivity (Wildman–Crippen MR) is 193 cm³/mol. The molecule has 269 valence electrons. The van der Waals surface area contributed by atoms with Crippen LogP contribution in [0.25, 0.3) is 0 Å². The largest absolute Gasteiger partial charge is 2.00 e. The van der Waals surface area contributed by atoms with Gasteiger partial charge < -0.3 is 30.0 Å². The van der Waals surface area contributed by atoms with E-state index < -0.39 is 11.9 Å². The van der Waals surface area contributed by atoms with Crippen molar-refractivity contribution in [2.45, 2.75) is 107 Å². The normalized spacial score (nSPS) is 11.1. The van der Waals surface area contributed by atoms with Gasteiger partial charge in [-0.2, -0.15) is 0 Å². The number of carbonyl (C=O) groups is 2. The van der Waals surface area contributed by atoms with Gasteiger partial charge >= 0.3 is 16.8 Å². The molecule has 0 aliphatic heterocycles. The molecule has 0 heterocycles. The van der Waals surface area contributed by atoms with Crippen molar-refractivity contribution in [3.8, 4) is 11.5 Å². The van der Waals surface area contributed by atoms with Crippen molar-refractivity contribution in [2.75, 3.05) is 0 Å². The van der Waals surface area contributed by atoms with Crippen LogP contribution in [0.15, 0.2) is 58.5 Å². The van der Waals surface area contributed by atoms with Crippen LogP contribution in [-0.4, -0.2) is 34.6 Å². The summed E-state index contributed by atoms with van der Waals surface area (Å²) in [6.45, 7) is 19.3. The van der Waals surface area contributed by atoms with Gasteiger partial charge in [0.1, 0.15) is 11.5 Å². The minimum absolute atomic E-state index is 0. The van der Waals surface area contributed by atoms with E-state index in [0.717, 1.165) is 73.2 Å². The van der Waals surface area contributed by atoms with Gasteiger partial charge in [-0.15, -0.1) is 0 Å². The average molecular weight is 718 g/mol. The Bertz CT molecular complexity index is 1400. The fourth-order valence-electron chi connectivity index (χ4n) is 4.68. The molecule has 0 fully saturated rings. The molecule has 0 bridgehead atoms. The van der Waals surface area contributed by atoms with E-state index in [4.69, 9.17) is 19.8 Å². The molecule has 0 atom stereocenters. The van der Waals surface area contributed by atoms with Crippen LogP contribution >= 0.6 is 0 Å². The number of aliphatic carboxylic acids is 2. The van der Waals surface area contributed by atoms with E-state index in [2.05, 4.69) is 89.6 Å². The molecular weight excluding hydrogens is 663 g/mol. The van der Waals surface area contributed by atoms with Crippen LogP contribution in [0.2, 0.25) is 0 Å². The first-order chi connectivity index (χ1) is 22.4. The summed E-state index contributed by atoms with van der Waals surface area (Å²) in [6, 6.07) is 16.1. The van der Waals surface area contributed by atoms with Gasteiger partial charge in [0.05, 0.1) is 11.4 Å². The Morgan fingerprint density at radius 1 is 0.633 bits per heavy atom. The molecule has 0 aliphatic carbocycles. The molecular formula is C40H54CoN2O6. The number of aryl methyl sites for hydroxylation is 2. The van der Waals surface area contributed by atoms with Gasteiger partial charge in [0.25, 0.3) is 0 Å². The number of carbonyl (C=O) groups excluding carboxylic acids is 2. The van der Waals surface area contributed by atoms with Crippen molar-refractivity contribution < 1.29 is 46.8 Å². The molecule has 0 saturated heterocycles. The molecule has 0 amide bonds. The summed E-state index contributed by atoms with van der Waals surface area (Å²) >= 11 is 0. The summed E-state index contributed by atoms with van der Waals surface area (Å²) in [5, 5.41) is 39.6. The number of benzene rings is 3. The van der Waals surface area contributed by atoms with Gasteiger partial charge in [0, 0.05) is 35.5 Å². The molecule has 0 unspecified atom stereocenters. The Balaban J connectivity index is 0.00000230. The van der Waals surface area contributed by atoms with Crippen LogP contribution in [0.5, 0.6) is 11.5 Å². The number of carboxylic acid groups (broad SMARTS) is 2. The van der Waals surface area contributed by atoms with E-state index in [-0.39, 0.29) is 28.6 Å². The van der Waals surface area contributed by atoms with Crippen LogP contribution in [0.4, 0.5) is 11.4 Å². The Labute approximate surface area is 303 Å². The number of aliphatic imine (C=N–C) groups is 2. The molecule has 0 aromatic heterocycles. The van der Waals surface area contributed by atoms with Gasteiger partial charge in [0.2, 0.25) is 0 Å². The van der Waals surface area contributed by atoms with Gasteiger partial charge in [0.15, 0.2) is 0 Å². The fourth-order valence-corrected chi connectivity index (χ4v) is 4.68. The third kappa shape index (κ3) is 17.9. The minimum atomic E-state index is -1.08. The van der Waals surface area contributed by atoms with Crippen LogP contribution in [0.3, 0.4) is 0 Å². The van der Waals surface area contributed by atoms with Gasteiger partial charge in [-0.05, 0) is 122 Å². The van der Waals surface area contributed by atoms with E-state index in [1.54, 1.807) is 12.4 Å². The zero-order valence-corrected chi connectivity index (χ0v) is 31.7. The average Bonchev–Trinajstić information content (AvgIpc) is 2.98. The maximum atomic E-state index is 10.9. The molecule has 3 aromatic rings. The van der Waals surface area contributed by atoms with Gasteiger partial charge in [-0.25, -0.2) is 0 Å². The first-order valence-corrected chi connectivity index (χ1v) is 16.7. The molecule has 9 heteroatoms. The predicted octanol–water partition coefficient (Wildman–Crippen LogP) is 7.53.